The van der Waals surface area contributed by atoms with Gasteiger partial charge in [-0.25, -0.2) is 0 Å². The lowest BCUT2D eigenvalue weighted by Gasteiger charge is -2.31. The number of benzene rings is 1. The van der Waals surface area contributed by atoms with E-state index in [-0.39, 0.29) is 11.8 Å². The van der Waals surface area contributed by atoms with E-state index in [4.69, 9.17) is 11.0 Å². The van der Waals surface area contributed by atoms with Gasteiger partial charge in [-0.2, -0.15) is 5.26 Å². The molecular formula is C12H14N2O. The molecule has 0 saturated heterocycles. The molecule has 0 spiro atoms. The third kappa shape index (κ3) is 1.81. The summed E-state index contributed by atoms with van der Waals surface area (Å²) in [6, 6.07) is 6.77. The Kier molecular flexibility index (Phi) is 2.61. The third-order valence-corrected chi connectivity index (χ3v) is 3.17. The first-order chi connectivity index (χ1) is 7.22. The first kappa shape index (κ1) is 10.0. The summed E-state index contributed by atoms with van der Waals surface area (Å²) >= 11 is 0. The summed E-state index contributed by atoms with van der Waals surface area (Å²) in [4.78, 5) is 0. The summed E-state index contributed by atoms with van der Waals surface area (Å²) in [5, 5.41) is 18.5. The van der Waals surface area contributed by atoms with Crippen LogP contribution in [0.3, 0.4) is 0 Å². The fourth-order valence-corrected chi connectivity index (χ4v) is 1.94. The summed E-state index contributed by atoms with van der Waals surface area (Å²) < 4.78 is 0. The van der Waals surface area contributed by atoms with E-state index in [1.807, 2.05) is 0 Å². The van der Waals surface area contributed by atoms with Gasteiger partial charge in [0.25, 0.3) is 0 Å². The van der Waals surface area contributed by atoms with Crippen LogP contribution in [-0.2, 0) is 0 Å². The highest BCUT2D eigenvalue weighted by Gasteiger charge is 2.27. The molecule has 0 amide bonds. The standard InChI is InChI=1S/C12H14N2O/c13-7-8-4-5-11(15)10(6-8)12(14)9-2-1-3-9/h4-6,9,12,15H,1-3,14H2/t12-/m0/s1. The van der Waals surface area contributed by atoms with Crippen molar-refractivity contribution < 1.29 is 5.11 Å². The Labute approximate surface area is 89.1 Å². The van der Waals surface area contributed by atoms with Crippen LogP contribution in [0.15, 0.2) is 18.2 Å². The lowest BCUT2D eigenvalue weighted by atomic mass is 9.77. The van der Waals surface area contributed by atoms with Gasteiger partial charge in [-0.15, -0.1) is 0 Å². The van der Waals surface area contributed by atoms with Gasteiger partial charge >= 0.3 is 0 Å². The minimum atomic E-state index is -0.132. The van der Waals surface area contributed by atoms with E-state index in [0.29, 0.717) is 17.0 Å². The molecule has 0 aliphatic heterocycles. The Balaban J connectivity index is 2.29. The number of nitrogens with two attached hydrogens (primary N) is 1. The molecule has 1 aromatic carbocycles. The van der Waals surface area contributed by atoms with Crippen LogP contribution in [0, 0.1) is 17.2 Å². The molecule has 2 rings (SSSR count). The van der Waals surface area contributed by atoms with Crippen LogP contribution in [0.25, 0.3) is 0 Å². The lowest BCUT2D eigenvalue weighted by Crippen LogP contribution is -2.26. The van der Waals surface area contributed by atoms with Gasteiger partial charge in [0.1, 0.15) is 5.75 Å². The highest BCUT2D eigenvalue weighted by Crippen LogP contribution is 2.38. The van der Waals surface area contributed by atoms with Crippen LogP contribution in [0.4, 0.5) is 0 Å². The summed E-state index contributed by atoms with van der Waals surface area (Å²) in [6.07, 6.45) is 3.46. The SMILES string of the molecule is N#Cc1ccc(O)c([C@@H](N)C2CCC2)c1. The monoisotopic (exact) mass is 202 g/mol. The van der Waals surface area contributed by atoms with E-state index in [2.05, 4.69) is 6.07 Å². The van der Waals surface area contributed by atoms with Gasteiger partial charge in [-0.05, 0) is 37.0 Å². The number of nitriles is 1. The molecular weight excluding hydrogens is 188 g/mol. The molecule has 0 radical (unpaired) electrons. The van der Waals surface area contributed by atoms with Crippen molar-refractivity contribution in [2.75, 3.05) is 0 Å². The number of hydrogen-bond acceptors (Lipinski definition) is 3. The predicted octanol–water partition coefficient (Wildman–Crippen LogP) is 2.06. The first-order valence-electron chi connectivity index (χ1n) is 5.21. The number of hydrogen-bond donors (Lipinski definition) is 2. The van der Waals surface area contributed by atoms with Crippen LogP contribution in [0.5, 0.6) is 5.75 Å². The highest BCUT2D eigenvalue weighted by atomic mass is 16.3. The Morgan fingerprint density at radius 3 is 2.73 bits per heavy atom. The normalized spacial score (nSPS) is 17.9. The molecule has 1 aliphatic rings. The third-order valence-electron chi connectivity index (χ3n) is 3.17. The summed E-state index contributed by atoms with van der Waals surface area (Å²) in [5.74, 6) is 0.665. The Morgan fingerprint density at radius 1 is 1.47 bits per heavy atom. The molecule has 0 unspecified atom stereocenters. The average Bonchev–Trinajstić information content (AvgIpc) is 2.15. The molecule has 1 fully saturated rings. The summed E-state index contributed by atoms with van der Waals surface area (Å²) in [5.41, 5.74) is 7.32. The maximum absolute atomic E-state index is 9.68. The smallest absolute Gasteiger partial charge is 0.120 e. The van der Waals surface area contributed by atoms with Crippen molar-refractivity contribution in [2.45, 2.75) is 25.3 Å². The van der Waals surface area contributed by atoms with Crippen LogP contribution < -0.4 is 5.73 Å². The van der Waals surface area contributed by atoms with Crippen molar-refractivity contribution in [1.29, 1.82) is 5.26 Å². The number of rotatable bonds is 2. The second-order valence-corrected chi connectivity index (χ2v) is 4.10. The maximum Gasteiger partial charge on any atom is 0.120 e. The number of nitrogens with zero attached hydrogens (tertiary/aromatic N) is 1. The lowest BCUT2D eigenvalue weighted by molar-refractivity contribution is 0.260. The largest absolute Gasteiger partial charge is 0.508 e. The second-order valence-electron chi connectivity index (χ2n) is 4.10. The van der Waals surface area contributed by atoms with E-state index in [9.17, 15) is 5.11 Å². The molecule has 1 aliphatic carbocycles. The molecule has 0 aromatic heterocycles. The quantitative estimate of drug-likeness (QED) is 0.771. The Hall–Kier alpha value is -1.53. The molecule has 15 heavy (non-hydrogen) atoms. The molecule has 0 bridgehead atoms. The van der Waals surface area contributed by atoms with Gasteiger partial charge in [0, 0.05) is 11.6 Å². The van der Waals surface area contributed by atoms with Crippen molar-refractivity contribution in [2.24, 2.45) is 11.7 Å². The highest BCUT2D eigenvalue weighted by molar-refractivity contribution is 5.43. The Bertz CT molecular complexity index is 405. The average molecular weight is 202 g/mol. The van der Waals surface area contributed by atoms with Crippen molar-refractivity contribution in [3.8, 4) is 11.8 Å². The van der Waals surface area contributed by atoms with Crippen LogP contribution in [-0.4, -0.2) is 5.11 Å². The summed E-state index contributed by atoms with van der Waals surface area (Å²) in [7, 11) is 0. The van der Waals surface area contributed by atoms with Gasteiger partial charge in [0.2, 0.25) is 0 Å². The predicted molar refractivity (Wildman–Crippen MR) is 57.1 cm³/mol. The van der Waals surface area contributed by atoms with Gasteiger partial charge in [0.05, 0.1) is 11.6 Å². The van der Waals surface area contributed by atoms with Gasteiger partial charge in [0.15, 0.2) is 0 Å². The van der Waals surface area contributed by atoms with Crippen molar-refractivity contribution in [3.05, 3.63) is 29.3 Å². The molecule has 3 nitrogen and oxygen atoms in total. The van der Waals surface area contributed by atoms with Crippen LogP contribution in [0.1, 0.15) is 36.4 Å². The molecule has 1 atom stereocenters. The minimum absolute atomic E-state index is 0.132. The first-order valence-corrected chi connectivity index (χ1v) is 5.21. The fourth-order valence-electron chi connectivity index (χ4n) is 1.94. The zero-order valence-electron chi connectivity index (χ0n) is 8.48. The topological polar surface area (TPSA) is 70.0 Å². The molecule has 1 aromatic rings. The van der Waals surface area contributed by atoms with Crippen molar-refractivity contribution in [1.82, 2.24) is 0 Å². The van der Waals surface area contributed by atoms with Gasteiger partial charge in [-0.3, -0.25) is 0 Å². The van der Waals surface area contributed by atoms with E-state index in [1.54, 1.807) is 18.2 Å². The number of phenols is 1. The Morgan fingerprint density at radius 2 is 2.20 bits per heavy atom. The number of phenolic OH excluding ortho intramolecular Hbond substituents is 1. The number of aromatic hydroxyl groups is 1. The maximum atomic E-state index is 9.68. The van der Waals surface area contributed by atoms with E-state index >= 15 is 0 Å². The molecule has 0 heterocycles. The van der Waals surface area contributed by atoms with Gasteiger partial charge < -0.3 is 10.8 Å². The summed E-state index contributed by atoms with van der Waals surface area (Å²) in [6.45, 7) is 0. The fraction of sp³-hybridized carbons (Fsp3) is 0.417. The minimum Gasteiger partial charge on any atom is -0.508 e. The molecule has 1 saturated carbocycles. The van der Waals surface area contributed by atoms with Crippen LogP contribution in [0.2, 0.25) is 0 Å². The molecule has 78 valence electrons. The van der Waals surface area contributed by atoms with Crippen LogP contribution >= 0.6 is 0 Å². The second kappa shape index (κ2) is 3.92. The van der Waals surface area contributed by atoms with Crippen molar-refractivity contribution in [3.63, 3.8) is 0 Å². The zero-order chi connectivity index (χ0) is 10.8. The van der Waals surface area contributed by atoms with E-state index < -0.39 is 0 Å². The molecule has 3 heteroatoms. The van der Waals surface area contributed by atoms with Gasteiger partial charge in [-0.1, -0.05) is 6.42 Å². The van der Waals surface area contributed by atoms with E-state index in [1.165, 1.54) is 6.42 Å². The zero-order valence-corrected chi connectivity index (χ0v) is 8.48. The van der Waals surface area contributed by atoms with Crippen molar-refractivity contribution >= 4 is 0 Å². The van der Waals surface area contributed by atoms with E-state index in [0.717, 1.165) is 12.8 Å². The molecule has 3 N–H and O–H groups in total.